The summed E-state index contributed by atoms with van der Waals surface area (Å²) < 4.78 is 0. The molecule has 0 rings (SSSR count). The summed E-state index contributed by atoms with van der Waals surface area (Å²) in [5.74, 6) is -1.29. The third-order valence-corrected chi connectivity index (χ3v) is 0.343. The van der Waals surface area contributed by atoms with E-state index in [1.54, 1.807) is 13.8 Å². The van der Waals surface area contributed by atoms with Gasteiger partial charge < -0.3 is 15.7 Å². The Morgan fingerprint density at radius 2 is 1.70 bits per heavy atom. The van der Waals surface area contributed by atoms with E-state index in [9.17, 15) is 4.79 Å². The molecule has 0 aliphatic carbocycles. The number of aliphatic hydroxyl groups is 1. The Kier molecular flexibility index (Phi) is 18.8. The number of aliphatic hydroxyl groups excluding tert-OH is 1. The van der Waals surface area contributed by atoms with Crippen LogP contribution >= 0.6 is 11.6 Å². The molecular formula is C5H13ClO4. The first-order valence-corrected chi connectivity index (χ1v) is 3.00. The summed E-state index contributed by atoms with van der Waals surface area (Å²) in [6.45, 7) is 3.44. The van der Waals surface area contributed by atoms with Crippen molar-refractivity contribution in [2.45, 2.75) is 20.0 Å². The fraction of sp³-hybridized carbons (Fsp3) is 0.800. The molecule has 0 spiro atoms. The number of carbonyl (C=O) groups is 1. The highest BCUT2D eigenvalue weighted by atomic mass is 35.5. The molecule has 64 valence electrons. The van der Waals surface area contributed by atoms with E-state index in [4.69, 9.17) is 21.8 Å². The van der Waals surface area contributed by atoms with E-state index >= 15 is 0 Å². The lowest BCUT2D eigenvalue weighted by molar-refractivity contribution is -0.134. The lowest BCUT2D eigenvalue weighted by Gasteiger charge is -1.80. The van der Waals surface area contributed by atoms with Crippen molar-refractivity contribution in [2.24, 2.45) is 0 Å². The molecule has 0 aromatic rings. The maximum Gasteiger partial charge on any atom is 0.318 e. The minimum absolute atomic E-state index is 0. The minimum atomic E-state index is -0.980. The van der Waals surface area contributed by atoms with Crippen LogP contribution in [0.1, 0.15) is 13.8 Å². The first kappa shape index (κ1) is 16.3. The maximum atomic E-state index is 9.24. The second-order valence-corrected chi connectivity index (χ2v) is 1.89. The SMILES string of the molecule is CC(C)O.O.O=C(O)CCl. The third-order valence-electron chi connectivity index (χ3n) is 0.114. The Hall–Kier alpha value is -0.320. The fourth-order valence-electron chi connectivity index (χ4n) is 0. The summed E-state index contributed by atoms with van der Waals surface area (Å²) in [4.78, 5) is 9.24. The van der Waals surface area contributed by atoms with E-state index in [1.165, 1.54) is 0 Å². The lowest BCUT2D eigenvalue weighted by atomic mass is 10.5. The molecule has 0 bridgehead atoms. The van der Waals surface area contributed by atoms with Gasteiger partial charge in [0.15, 0.2) is 0 Å². The maximum absolute atomic E-state index is 9.24. The Balaban J connectivity index is -0.0000000910. The molecular weight excluding hydrogens is 160 g/mol. The van der Waals surface area contributed by atoms with Crippen LogP contribution < -0.4 is 0 Å². The number of halogens is 1. The van der Waals surface area contributed by atoms with Crippen LogP contribution in [-0.4, -0.2) is 33.6 Å². The predicted octanol–water partition coefficient (Wildman–Crippen LogP) is -0.128. The van der Waals surface area contributed by atoms with Crippen LogP contribution in [0.25, 0.3) is 0 Å². The number of aliphatic carboxylic acids is 1. The summed E-state index contributed by atoms with van der Waals surface area (Å²) in [5.41, 5.74) is 0. The number of carboxylic acids is 1. The molecule has 0 aliphatic rings. The average molecular weight is 173 g/mol. The van der Waals surface area contributed by atoms with Crippen LogP contribution in [0.5, 0.6) is 0 Å². The van der Waals surface area contributed by atoms with E-state index in [0.29, 0.717) is 0 Å². The number of hydrogen-bond donors (Lipinski definition) is 2. The van der Waals surface area contributed by atoms with Crippen molar-refractivity contribution in [3.63, 3.8) is 0 Å². The van der Waals surface area contributed by atoms with Crippen molar-refractivity contribution in [2.75, 3.05) is 5.88 Å². The van der Waals surface area contributed by atoms with E-state index in [0.717, 1.165) is 0 Å². The van der Waals surface area contributed by atoms with Crippen LogP contribution in [-0.2, 0) is 4.79 Å². The molecule has 0 aromatic carbocycles. The van der Waals surface area contributed by atoms with Crippen LogP contribution in [0.4, 0.5) is 0 Å². The Bertz CT molecular complexity index is 71.3. The molecule has 0 saturated heterocycles. The second kappa shape index (κ2) is 11.5. The third kappa shape index (κ3) is 121. The molecule has 4 nitrogen and oxygen atoms in total. The monoisotopic (exact) mass is 172 g/mol. The topological polar surface area (TPSA) is 89.0 Å². The summed E-state index contributed by atoms with van der Waals surface area (Å²) in [6.07, 6.45) is -0.167. The fourth-order valence-corrected chi connectivity index (χ4v) is 0. The van der Waals surface area contributed by atoms with Crippen molar-refractivity contribution in [1.82, 2.24) is 0 Å². The van der Waals surface area contributed by atoms with Crippen LogP contribution in [0, 0.1) is 0 Å². The molecule has 0 aliphatic heterocycles. The predicted molar refractivity (Wildman–Crippen MR) is 39.3 cm³/mol. The highest BCUT2D eigenvalue weighted by molar-refractivity contribution is 6.26. The van der Waals surface area contributed by atoms with Crippen molar-refractivity contribution >= 4 is 17.6 Å². The Morgan fingerprint density at radius 1 is 1.60 bits per heavy atom. The standard InChI is InChI=1S/C3H8O.C2H3ClO2.H2O/c1-3(2)4;3-1-2(4)5;/h3-4H,1-2H3;1H2,(H,4,5);1H2. The van der Waals surface area contributed by atoms with E-state index in [2.05, 4.69) is 0 Å². The summed E-state index contributed by atoms with van der Waals surface area (Å²) in [7, 11) is 0. The highest BCUT2D eigenvalue weighted by Crippen LogP contribution is 1.67. The van der Waals surface area contributed by atoms with Gasteiger partial charge in [-0.15, -0.1) is 11.6 Å². The molecule has 0 heterocycles. The number of carboxylic acid groups (broad SMARTS) is 1. The zero-order valence-corrected chi connectivity index (χ0v) is 6.72. The van der Waals surface area contributed by atoms with Gasteiger partial charge in [0, 0.05) is 6.10 Å². The number of alkyl halides is 1. The summed E-state index contributed by atoms with van der Waals surface area (Å²) >= 11 is 4.74. The number of hydrogen-bond acceptors (Lipinski definition) is 2. The molecule has 0 atom stereocenters. The highest BCUT2D eigenvalue weighted by Gasteiger charge is 1.83. The molecule has 0 saturated carbocycles. The van der Waals surface area contributed by atoms with Gasteiger partial charge in [-0.25, -0.2) is 0 Å². The van der Waals surface area contributed by atoms with Crippen LogP contribution in [0.3, 0.4) is 0 Å². The van der Waals surface area contributed by atoms with E-state index in [1.807, 2.05) is 0 Å². The quantitative estimate of drug-likeness (QED) is 0.540. The van der Waals surface area contributed by atoms with Crippen molar-refractivity contribution in [1.29, 1.82) is 0 Å². The molecule has 0 fully saturated rings. The summed E-state index contributed by atoms with van der Waals surface area (Å²) in [6, 6.07) is 0. The molecule has 0 unspecified atom stereocenters. The zero-order chi connectivity index (χ0) is 7.86. The zero-order valence-electron chi connectivity index (χ0n) is 5.97. The lowest BCUT2D eigenvalue weighted by Crippen LogP contribution is -1.92. The van der Waals surface area contributed by atoms with Gasteiger partial charge >= 0.3 is 5.97 Å². The van der Waals surface area contributed by atoms with Gasteiger partial charge in [0.05, 0.1) is 0 Å². The first-order valence-electron chi connectivity index (χ1n) is 2.46. The van der Waals surface area contributed by atoms with Crippen molar-refractivity contribution in [3.8, 4) is 0 Å². The molecule has 5 heteroatoms. The molecule has 4 N–H and O–H groups in total. The smallest absolute Gasteiger partial charge is 0.318 e. The molecule has 10 heavy (non-hydrogen) atoms. The van der Waals surface area contributed by atoms with Crippen LogP contribution in [0.2, 0.25) is 0 Å². The van der Waals surface area contributed by atoms with Crippen molar-refractivity contribution in [3.05, 3.63) is 0 Å². The first-order chi connectivity index (χ1) is 4.00. The number of rotatable bonds is 1. The van der Waals surface area contributed by atoms with Gasteiger partial charge in [-0.2, -0.15) is 0 Å². The van der Waals surface area contributed by atoms with Gasteiger partial charge in [-0.3, -0.25) is 4.79 Å². The average Bonchev–Trinajstić information content (AvgIpc) is 1.65. The molecule has 0 aromatic heterocycles. The molecule has 0 radical (unpaired) electrons. The Morgan fingerprint density at radius 3 is 1.70 bits per heavy atom. The summed E-state index contributed by atoms with van der Waals surface area (Å²) in [5, 5.41) is 15.6. The van der Waals surface area contributed by atoms with Crippen molar-refractivity contribution < 1.29 is 20.5 Å². The van der Waals surface area contributed by atoms with Gasteiger partial charge in [-0.1, -0.05) is 0 Å². The van der Waals surface area contributed by atoms with Gasteiger partial charge in [-0.05, 0) is 13.8 Å². The van der Waals surface area contributed by atoms with Gasteiger partial charge in [0.2, 0.25) is 0 Å². The molecule has 0 amide bonds. The second-order valence-electron chi connectivity index (χ2n) is 1.62. The van der Waals surface area contributed by atoms with Gasteiger partial charge in [0.1, 0.15) is 5.88 Å². The van der Waals surface area contributed by atoms with Crippen LogP contribution in [0.15, 0.2) is 0 Å². The Labute approximate surface area is 64.7 Å². The minimum Gasteiger partial charge on any atom is -0.480 e. The normalized spacial score (nSPS) is 7.30. The largest absolute Gasteiger partial charge is 0.480 e. The van der Waals surface area contributed by atoms with Gasteiger partial charge in [0.25, 0.3) is 0 Å². The van der Waals surface area contributed by atoms with E-state index in [-0.39, 0.29) is 17.5 Å². The van der Waals surface area contributed by atoms with E-state index < -0.39 is 5.97 Å².